The molecule has 0 bridgehead atoms. The van der Waals surface area contributed by atoms with Gasteiger partial charge in [-0.2, -0.15) is 0 Å². The Labute approximate surface area is 382 Å². The molecule has 0 unspecified atom stereocenters. The molecule has 0 aliphatic carbocycles. The Hall–Kier alpha value is -4.71. The third-order valence-electron chi connectivity index (χ3n) is 12.6. The minimum absolute atomic E-state index is 0.226. The van der Waals surface area contributed by atoms with E-state index in [-0.39, 0.29) is 32.5 Å². The molecule has 6 heteroatoms. The van der Waals surface area contributed by atoms with Crippen molar-refractivity contribution in [3.05, 3.63) is 138 Å². The highest BCUT2D eigenvalue weighted by Crippen LogP contribution is 2.45. The summed E-state index contributed by atoms with van der Waals surface area (Å²) in [5.41, 5.74) is 16.0. The second kappa shape index (κ2) is 18.0. The molecule has 5 aromatic rings. The highest BCUT2D eigenvalue weighted by molar-refractivity contribution is 5.59. The van der Waals surface area contributed by atoms with Crippen molar-refractivity contribution < 1.29 is 15.3 Å². The minimum atomic E-state index is -0.226. The normalized spacial score (nSPS) is 12.9. The summed E-state index contributed by atoms with van der Waals surface area (Å²) in [7, 11) is 0. The SMILES string of the molecule is Cc1c(Cc2cc(C(C)(C)C)c(O)c(C(C)(C)C)c2)c(C)c(Cc2cc(C(C)(C)C)c(O)c(C(C)(C)C)c2)c(C)c1Cc1cc(C(C)(C)C)c(O)c(C(C)(C)C)c1.c1cnnnc1. The van der Waals surface area contributed by atoms with Crippen molar-refractivity contribution in [2.24, 2.45) is 0 Å². The van der Waals surface area contributed by atoms with Gasteiger partial charge in [-0.3, -0.25) is 0 Å². The van der Waals surface area contributed by atoms with Crippen molar-refractivity contribution in [3.8, 4) is 17.2 Å². The van der Waals surface area contributed by atoms with Crippen LogP contribution in [0.2, 0.25) is 0 Å². The van der Waals surface area contributed by atoms with E-state index in [2.05, 4.69) is 197 Å². The first-order valence-electron chi connectivity index (χ1n) is 22.8. The lowest BCUT2D eigenvalue weighted by Crippen LogP contribution is -2.19. The second-order valence-corrected chi connectivity index (χ2v) is 24.3. The molecule has 0 radical (unpaired) electrons. The van der Waals surface area contributed by atoms with Gasteiger partial charge in [-0.25, -0.2) is 0 Å². The third-order valence-corrected chi connectivity index (χ3v) is 12.6. The molecule has 4 aromatic carbocycles. The molecule has 63 heavy (non-hydrogen) atoms. The summed E-state index contributed by atoms with van der Waals surface area (Å²) in [4.78, 5) is 0. The van der Waals surface area contributed by atoms with Gasteiger partial charge in [0.25, 0.3) is 0 Å². The van der Waals surface area contributed by atoms with Crippen molar-refractivity contribution in [2.75, 3.05) is 0 Å². The summed E-state index contributed by atoms with van der Waals surface area (Å²) in [5.74, 6) is 1.22. The van der Waals surface area contributed by atoms with Crippen molar-refractivity contribution >= 4 is 0 Å². The lowest BCUT2D eigenvalue weighted by atomic mass is 9.75. The van der Waals surface area contributed by atoms with Gasteiger partial charge in [-0.15, -0.1) is 10.2 Å². The van der Waals surface area contributed by atoms with E-state index in [0.29, 0.717) is 17.2 Å². The molecule has 6 nitrogen and oxygen atoms in total. The van der Waals surface area contributed by atoms with Crippen LogP contribution in [0.3, 0.4) is 0 Å². The zero-order valence-electron chi connectivity index (χ0n) is 43.0. The van der Waals surface area contributed by atoms with Crippen LogP contribution in [0.1, 0.15) is 208 Å². The lowest BCUT2D eigenvalue weighted by molar-refractivity contribution is 0.422. The Balaban J connectivity index is 0.00000133. The maximum Gasteiger partial charge on any atom is 0.123 e. The van der Waals surface area contributed by atoms with Gasteiger partial charge in [0.15, 0.2) is 0 Å². The summed E-state index contributed by atoms with van der Waals surface area (Å²) < 4.78 is 0. The first kappa shape index (κ1) is 50.9. The van der Waals surface area contributed by atoms with Crippen LogP contribution in [-0.2, 0) is 51.8 Å². The summed E-state index contributed by atoms with van der Waals surface area (Å²) in [5, 5.41) is 45.0. The van der Waals surface area contributed by atoms with Crippen LogP contribution in [-0.4, -0.2) is 30.7 Å². The van der Waals surface area contributed by atoms with Gasteiger partial charge in [0.05, 0.1) is 12.4 Å². The number of aromatic hydroxyl groups is 3. The predicted octanol–water partition coefficient (Wildman–Crippen LogP) is 14.2. The van der Waals surface area contributed by atoms with Crippen molar-refractivity contribution in [1.29, 1.82) is 0 Å². The van der Waals surface area contributed by atoms with Crippen LogP contribution in [0.5, 0.6) is 17.2 Å². The number of aromatic nitrogens is 3. The molecule has 0 atom stereocenters. The van der Waals surface area contributed by atoms with Crippen LogP contribution < -0.4 is 0 Å². The number of rotatable bonds is 6. The Morgan fingerprint density at radius 1 is 0.349 bits per heavy atom. The molecule has 0 saturated heterocycles. The van der Waals surface area contributed by atoms with E-state index in [1.54, 1.807) is 18.5 Å². The second-order valence-electron chi connectivity index (χ2n) is 24.3. The van der Waals surface area contributed by atoms with Crippen molar-refractivity contribution in [1.82, 2.24) is 15.4 Å². The average Bonchev–Trinajstić information content (AvgIpc) is 3.13. The number of phenolic OH excluding ortho intramolecular Hbond substituents is 3. The number of benzene rings is 4. The summed E-state index contributed by atoms with van der Waals surface area (Å²) >= 11 is 0. The number of nitrogens with zero attached hydrogens (tertiary/aromatic N) is 3. The Morgan fingerprint density at radius 2 is 0.540 bits per heavy atom. The first-order chi connectivity index (χ1) is 28.5. The minimum Gasteiger partial charge on any atom is -0.507 e. The van der Waals surface area contributed by atoms with E-state index in [1.807, 2.05) is 0 Å². The molecular weight excluding hydrogens is 775 g/mol. The van der Waals surface area contributed by atoms with Crippen LogP contribution in [0.15, 0.2) is 54.9 Å². The molecule has 0 saturated carbocycles. The number of hydrogen-bond acceptors (Lipinski definition) is 6. The molecule has 3 N–H and O–H groups in total. The monoisotopic (exact) mass is 856 g/mol. The van der Waals surface area contributed by atoms with Crippen LogP contribution >= 0.6 is 0 Å². The van der Waals surface area contributed by atoms with Gasteiger partial charge in [0.2, 0.25) is 0 Å². The predicted molar refractivity (Wildman–Crippen MR) is 265 cm³/mol. The van der Waals surface area contributed by atoms with Crippen molar-refractivity contribution in [2.45, 2.75) is 197 Å². The van der Waals surface area contributed by atoms with Gasteiger partial charge in [0, 0.05) is 0 Å². The first-order valence-corrected chi connectivity index (χ1v) is 22.8. The molecule has 5 rings (SSSR count). The molecular formula is C57H81N3O3. The van der Waals surface area contributed by atoms with Crippen LogP contribution in [0.4, 0.5) is 0 Å². The summed E-state index contributed by atoms with van der Waals surface area (Å²) in [6.45, 7) is 46.2. The standard InChI is InChI=1S/C54H78O3.C3H3N3/c1-31-37(22-34-25-40(49(4,5)6)46(55)41(26-34)50(7,8)9)32(2)39(24-36-29-44(53(16,17)18)48(57)45(30-36)54(19,20)21)33(3)38(31)23-35-27-42(51(10,11)12)47(56)43(28-35)52(13,14)15;1-2-4-6-5-3-1/h25-30,55-57H,22-24H2,1-21H3;1-3H. The fourth-order valence-corrected chi connectivity index (χ4v) is 8.82. The highest BCUT2D eigenvalue weighted by Gasteiger charge is 2.31. The Bertz CT molecular complexity index is 2020. The molecule has 0 fully saturated rings. The molecule has 0 aliphatic heterocycles. The zero-order valence-corrected chi connectivity index (χ0v) is 43.0. The van der Waals surface area contributed by atoms with E-state index in [0.717, 1.165) is 52.6 Å². The number of phenols is 3. The largest absolute Gasteiger partial charge is 0.507 e. The Kier molecular flexibility index (Phi) is 14.6. The zero-order chi connectivity index (χ0) is 48.0. The highest BCUT2D eigenvalue weighted by atomic mass is 16.3. The van der Waals surface area contributed by atoms with Gasteiger partial charge >= 0.3 is 0 Å². The molecule has 0 spiro atoms. The van der Waals surface area contributed by atoms with Gasteiger partial charge < -0.3 is 15.3 Å². The van der Waals surface area contributed by atoms with E-state index >= 15 is 0 Å². The summed E-state index contributed by atoms with van der Waals surface area (Å²) in [6, 6.07) is 15.1. The average molecular weight is 856 g/mol. The molecule has 1 heterocycles. The quantitative estimate of drug-likeness (QED) is 0.157. The van der Waals surface area contributed by atoms with E-state index < -0.39 is 0 Å². The smallest absolute Gasteiger partial charge is 0.123 e. The molecule has 1 aromatic heterocycles. The molecule has 342 valence electrons. The van der Waals surface area contributed by atoms with Gasteiger partial charge in [0.1, 0.15) is 17.2 Å². The maximum absolute atomic E-state index is 11.6. The number of hydrogen-bond donors (Lipinski definition) is 3. The topological polar surface area (TPSA) is 99.4 Å². The van der Waals surface area contributed by atoms with E-state index in [4.69, 9.17) is 0 Å². The fourth-order valence-electron chi connectivity index (χ4n) is 8.82. The van der Waals surface area contributed by atoms with Gasteiger partial charge in [-0.1, -0.05) is 161 Å². The van der Waals surface area contributed by atoms with Crippen LogP contribution in [0.25, 0.3) is 0 Å². The molecule has 0 amide bonds. The maximum atomic E-state index is 11.6. The Morgan fingerprint density at radius 3 is 0.667 bits per heavy atom. The van der Waals surface area contributed by atoms with Crippen molar-refractivity contribution in [3.63, 3.8) is 0 Å². The van der Waals surface area contributed by atoms with Crippen LogP contribution in [0, 0.1) is 20.8 Å². The van der Waals surface area contributed by atoms with E-state index in [1.165, 1.54) is 50.1 Å². The summed E-state index contributed by atoms with van der Waals surface area (Å²) in [6.07, 6.45) is 5.39. The van der Waals surface area contributed by atoms with Gasteiger partial charge in [-0.05, 0) is 167 Å². The lowest BCUT2D eigenvalue weighted by Gasteiger charge is -2.30. The molecule has 0 aliphatic rings. The van der Waals surface area contributed by atoms with E-state index in [9.17, 15) is 15.3 Å². The fraction of sp³-hybridized carbons (Fsp3) is 0.526. The third kappa shape index (κ3) is 11.9.